The van der Waals surface area contributed by atoms with Gasteiger partial charge in [-0.1, -0.05) is 0 Å². The summed E-state index contributed by atoms with van der Waals surface area (Å²) in [6, 6.07) is 1.88. The lowest BCUT2D eigenvalue weighted by molar-refractivity contribution is 0.572. The Hall–Kier alpha value is -0.960. The highest BCUT2D eigenvalue weighted by molar-refractivity contribution is 5.26. The molecule has 1 fully saturated rings. The summed E-state index contributed by atoms with van der Waals surface area (Å²) in [5, 5.41) is 3.37. The summed E-state index contributed by atoms with van der Waals surface area (Å²) in [7, 11) is 0. The van der Waals surface area contributed by atoms with E-state index in [9.17, 15) is 4.39 Å². The quantitative estimate of drug-likeness (QED) is 0.668. The van der Waals surface area contributed by atoms with Crippen molar-refractivity contribution in [2.75, 3.05) is 6.54 Å². The van der Waals surface area contributed by atoms with E-state index < -0.39 is 0 Å². The van der Waals surface area contributed by atoms with Gasteiger partial charge in [-0.25, -0.2) is 4.98 Å². The average molecular weight is 180 g/mol. The second kappa shape index (κ2) is 3.42. The topological polar surface area (TPSA) is 24.9 Å². The van der Waals surface area contributed by atoms with E-state index in [-0.39, 0.29) is 5.95 Å². The normalized spacial score (nSPS) is 22.2. The van der Waals surface area contributed by atoms with Crippen molar-refractivity contribution in [3.05, 3.63) is 29.3 Å². The lowest BCUT2D eigenvalue weighted by Crippen LogP contribution is -2.14. The minimum Gasteiger partial charge on any atom is -0.310 e. The van der Waals surface area contributed by atoms with E-state index in [1.807, 2.05) is 6.92 Å². The van der Waals surface area contributed by atoms with Gasteiger partial charge in [0, 0.05) is 12.2 Å². The average Bonchev–Trinajstić information content (AvgIpc) is 2.56. The van der Waals surface area contributed by atoms with Crippen molar-refractivity contribution in [3.63, 3.8) is 0 Å². The second-order valence-electron chi connectivity index (χ2n) is 3.51. The molecule has 70 valence electrons. The number of nitrogens with one attached hydrogen (secondary N) is 1. The Bertz CT molecular complexity index is 306. The molecule has 0 saturated carbocycles. The Balaban J connectivity index is 2.29. The molecule has 3 heteroatoms. The van der Waals surface area contributed by atoms with Gasteiger partial charge in [-0.05, 0) is 43.5 Å². The smallest absolute Gasteiger partial charge is 0.213 e. The maximum Gasteiger partial charge on any atom is 0.213 e. The van der Waals surface area contributed by atoms with Crippen LogP contribution in [-0.4, -0.2) is 11.5 Å². The van der Waals surface area contributed by atoms with E-state index in [4.69, 9.17) is 0 Å². The maximum absolute atomic E-state index is 12.7. The number of pyridine rings is 1. The van der Waals surface area contributed by atoms with Gasteiger partial charge >= 0.3 is 0 Å². The van der Waals surface area contributed by atoms with Crippen LogP contribution in [0.4, 0.5) is 4.39 Å². The standard InChI is InChI=1S/C10H13FN2/c1-7-5-10(11)13-6-8(7)9-3-2-4-12-9/h5-6,9,12H,2-4H2,1H3/t9-/m0/s1. The van der Waals surface area contributed by atoms with Crippen molar-refractivity contribution in [1.82, 2.24) is 10.3 Å². The fourth-order valence-electron chi connectivity index (χ4n) is 1.85. The van der Waals surface area contributed by atoms with Crippen LogP contribution >= 0.6 is 0 Å². The van der Waals surface area contributed by atoms with Crippen LogP contribution in [0.2, 0.25) is 0 Å². The van der Waals surface area contributed by atoms with Gasteiger partial charge in [-0.3, -0.25) is 0 Å². The number of halogens is 1. The Morgan fingerprint density at radius 2 is 2.46 bits per heavy atom. The summed E-state index contributed by atoms with van der Waals surface area (Å²) in [5.74, 6) is -0.390. The van der Waals surface area contributed by atoms with E-state index in [1.165, 1.54) is 12.5 Å². The number of nitrogens with zero attached hydrogens (tertiary/aromatic N) is 1. The predicted molar refractivity (Wildman–Crippen MR) is 48.9 cm³/mol. The van der Waals surface area contributed by atoms with Gasteiger partial charge in [-0.15, -0.1) is 0 Å². The number of hydrogen-bond acceptors (Lipinski definition) is 2. The minimum atomic E-state index is -0.390. The molecule has 0 aliphatic carbocycles. The van der Waals surface area contributed by atoms with Crippen LogP contribution in [0.1, 0.15) is 30.0 Å². The molecule has 1 aromatic heterocycles. The van der Waals surface area contributed by atoms with Gasteiger partial charge in [0.2, 0.25) is 5.95 Å². The number of aryl methyl sites for hydroxylation is 1. The molecular formula is C10H13FN2. The highest BCUT2D eigenvalue weighted by atomic mass is 19.1. The molecule has 2 nitrogen and oxygen atoms in total. The third-order valence-corrected chi connectivity index (χ3v) is 2.55. The van der Waals surface area contributed by atoms with Crippen molar-refractivity contribution < 1.29 is 4.39 Å². The van der Waals surface area contributed by atoms with Crippen molar-refractivity contribution in [1.29, 1.82) is 0 Å². The summed E-state index contributed by atoms with van der Waals surface area (Å²) in [4.78, 5) is 3.68. The highest BCUT2D eigenvalue weighted by Crippen LogP contribution is 2.24. The van der Waals surface area contributed by atoms with Crippen LogP contribution in [-0.2, 0) is 0 Å². The van der Waals surface area contributed by atoms with Gasteiger partial charge < -0.3 is 5.32 Å². The summed E-state index contributed by atoms with van der Waals surface area (Å²) in [5.41, 5.74) is 2.13. The molecule has 0 unspecified atom stereocenters. The molecule has 13 heavy (non-hydrogen) atoms. The third kappa shape index (κ3) is 1.70. The molecule has 0 radical (unpaired) electrons. The number of rotatable bonds is 1. The Morgan fingerprint density at radius 3 is 3.08 bits per heavy atom. The molecule has 0 spiro atoms. The molecular weight excluding hydrogens is 167 g/mol. The van der Waals surface area contributed by atoms with Gasteiger partial charge in [0.05, 0.1) is 0 Å². The van der Waals surface area contributed by atoms with Crippen LogP contribution in [0.5, 0.6) is 0 Å². The van der Waals surface area contributed by atoms with Crippen LogP contribution in [0.3, 0.4) is 0 Å². The first-order valence-corrected chi connectivity index (χ1v) is 4.63. The Labute approximate surface area is 77.2 Å². The number of aromatic nitrogens is 1. The molecule has 2 heterocycles. The van der Waals surface area contributed by atoms with Gasteiger partial charge in [0.1, 0.15) is 0 Å². The molecule has 1 atom stereocenters. The lowest BCUT2D eigenvalue weighted by Gasteiger charge is -2.12. The van der Waals surface area contributed by atoms with Gasteiger partial charge in [0.15, 0.2) is 0 Å². The summed E-state index contributed by atoms with van der Waals surface area (Å²) in [6.07, 6.45) is 3.98. The molecule has 0 amide bonds. The van der Waals surface area contributed by atoms with E-state index in [0.29, 0.717) is 6.04 Å². The van der Waals surface area contributed by atoms with Crippen LogP contribution in [0, 0.1) is 12.9 Å². The first-order valence-electron chi connectivity index (χ1n) is 4.63. The summed E-state index contributed by atoms with van der Waals surface area (Å²) >= 11 is 0. The van der Waals surface area contributed by atoms with E-state index in [0.717, 1.165) is 24.1 Å². The van der Waals surface area contributed by atoms with Crippen LogP contribution in [0.25, 0.3) is 0 Å². The molecule has 1 aromatic rings. The molecule has 2 rings (SSSR count). The fraction of sp³-hybridized carbons (Fsp3) is 0.500. The van der Waals surface area contributed by atoms with E-state index >= 15 is 0 Å². The maximum atomic E-state index is 12.7. The van der Waals surface area contributed by atoms with Gasteiger partial charge in [0.25, 0.3) is 0 Å². The van der Waals surface area contributed by atoms with Crippen molar-refractivity contribution in [2.45, 2.75) is 25.8 Å². The zero-order valence-electron chi connectivity index (χ0n) is 7.68. The fourth-order valence-corrected chi connectivity index (χ4v) is 1.85. The monoisotopic (exact) mass is 180 g/mol. The van der Waals surface area contributed by atoms with E-state index in [2.05, 4.69) is 10.3 Å². The largest absolute Gasteiger partial charge is 0.310 e. The van der Waals surface area contributed by atoms with Crippen molar-refractivity contribution >= 4 is 0 Å². The molecule has 1 saturated heterocycles. The molecule has 0 aromatic carbocycles. The third-order valence-electron chi connectivity index (χ3n) is 2.55. The second-order valence-corrected chi connectivity index (χ2v) is 3.51. The van der Waals surface area contributed by atoms with E-state index in [1.54, 1.807) is 6.20 Å². The molecule has 1 aliphatic heterocycles. The van der Waals surface area contributed by atoms with Gasteiger partial charge in [-0.2, -0.15) is 4.39 Å². The summed E-state index contributed by atoms with van der Waals surface area (Å²) < 4.78 is 12.7. The molecule has 1 N–H and O–H groups in total. The summed E-state index contributed by atoms with van der Waals surface area (Å²) in [6.45, 7) is 2.99. The SMILES string of the molecule is Cc1cc(F)ncc1[C@@H]1CCCN1. The van der Waals surface area contributed by atoms with Crippen molar-refractivity contribution in [2.24, 2.45) is 0 Å². The molecule has 1 aliphatic rings. The highest BCUT2D eigenvalue weighted by Gasteiger charge is 2.18. The Morgan fingerprint density at radius 1 is 1.62 bits per heavy atom. The first-order chi connectivity index (χ1) is 6.27. The number of hydrogen-bond donors (Lipinski definition) is 1. The molecule has 0 bridgehead atoms. The predicted octanol–water partition coefficient (Wildman–Crippen LogP) is 1.95. The van der Waals surface area contributed by atoms with Crippen molar-refractivity contribution in [3.8, 4) is 0 Å². The Kier molecular flexibility index (Phi) is 2.27. The van der Waals surface area contributed by atoms with Crippen LogP contribution in [0.15, 0.2) is 12.3 Å². The zero-order valence-corrected chi connectivity index (χ0v) is 7.68. The first kappa shape index (κ1) is 8.63. The minimum absolute atomic E-state index is 0.382. The van der Waals surface area contributed by atoms with Crippen LogP contribution < -0.4 is 5.32 Å². The lowest BCUT2D eigenvalue weighted by atomic mass is 10.0. The zero-order chi connectivity index (χ0) is 9.26.